The smallest absolute Gasteiger partial charge is 0.0587 e. The van der Waals surface area contributed by atoms with Crippen LogP contribution in [0, 0.1) is 17.4 Å². The highest BCUT2D eigenvalue weighted by Crippen LogP contribution is 2.41. The monoisotopic (exact) mass is 447 g/mol. The van der Waals surface area contributed by atoms with Gasteiger partial charge in [-0.05, 0) is 65.3 Å². The first-order valence-corrected chi connectivity index (χ1v) is 9.92. The van der Waals surface area contributed by atoms with Crippen molar-refractivity contribution in [3.8, 4) is 11.1 Å². The summed E-state index contributed by atoms with van der Waals surface area (Å²) in [4.78, 5) is 0. The molecule has 5 rings (SSSR count). The second kappa shape index (κ2) is 5.85. The van der Waals surface area contributed by atoms with Gasteiger partial charge in [0.15, 0.2) is 0 Å². The molecule has 2 heterocycles. The molecule has 0 aliphatic carbocycles. The number of nitrogens with zero attached hydrogens (tertiary/aromatic N) is 1. The summed E-state index contributed by atoms with van der Waals surface area (Å²) in [5, 5.41) is 2.63. The number of rotatable bonds is 1. The zero-order chi connectivity index (χ0) is 17.8. The van der Waals surface area contributed by atoms with Crippen molar-refractivity contribution in [3.05, 3.63) is 87.5 Å². The molecule has 0 amide bonds. The summed E-state index contributed by atoms with van der Waals surface area (Å²) in [6.07, 6.45) is 0. The van der Waals surface area contributed by atoms with Crippen molar-refractivity contribution in [2.75, 3.05) is 0 Å². The SMILES string of the molecule is Cc1ccccc1-c1c(I)c2ccccc2n2c1c(C)c1ccccc12. The van der Waals surface area contributed by atoms with Gasteiger partial charge in [0.05, 0.1) is 16.6 Å². The van der Waals surface area contributed by atoms with E-state index in [1.54, 1.807) is 0 Å². The lowest BCUT2D eigenvalue weighted by Gasteiger charge is -2.16. The molecule has 0 unspecified atom stereocenters. The molecule has 0 bridgehead atoms. The molecule has 0 saturated heterocycles. The van der Waals surface area contributed by atoms with Gasteiger partial charge in [-0.25, -0.2) is 0 Å². The molecule has 0 radical (unpaired) electrons. The second-order valence-corrected chi connectivity index (χ2v) is 7.93. The number of halogens is 1. The summed E-state index contributed by atoms with van der Waals surface area (Å²) in [6.45, 7) is 4.46. The second-order valence-electron chi connectivity index (χ2n) is 6.85. The average Bonchev–Trinajstić information content (AvgIpc) is 2.97. The summed E-state index contributed by atoms with van der Waals surface area (Å²) in [6, 6.07) is 26.2. The van der Waals surface area contributed by atoms with Crippen molar-refractivity contribution >= 4 is 49.9 Å². The van der Waals surface area contributed by atoms with Crippen molar-refractivity contribution in [2.24, 2.45) is 0 Å². The van der Waals surface area contributed by atoms with Crippen LogP contribution in [0.25, 0.3) is 38.4 Å². The maximum absolute atomic E-state index is 2.53. The molecule has 1 nitrogen and oxygen atoms in total. The number of benzene rings is 3. The molecule has 0 aliphatic heterocycles. The van der Waals surface area contributed by atoms with E-state index < -0.39 is 0 Å². The summed E-state index contributed by atoms with van der Waals surface area (Å²) < 4.78 is 3.77. The molecular weight excluding hydrogens is 429 g/mol. The van der Waals surface area contributed by atoms with Crippen LogP contribution < -0.4 is 0 Å². The predicted molar refractivity (Wildman–Crippen MR) is 120 cm³/mol. The van der Waals surface area contributed by atoms with Gasteiger partial charge in [-0.2, -0.15) is 0 Å². The fraction of sp³-hybridized carbons (Fsp3) is 0.0833. The van der Waals surface area contributed by atoms with Crippen LogP contribution >= 0.6 is 22.6 Å². The number of hydrogen-bond acceptors (Lipinski definition) is 0. The third kappa shape index (κ3) is 2.08. The number of hydrogen-bond donors (Lipinski definition) is 0. The third-order valence-electron chi connectivity index (χ3n) is 5.38. The van der Waals surface area contributed by atoms with Gasteiger partial charge in [0.1, 0.15) is 0 Å². The van der Waals surface area contributed by atoms with E-state index in [0.29, 0.717) is 0 Å². The Hall–Kier alpha value is -2.33. The van der Waals surface area contributed by atoms with Crippen molar-refractivity contribution in [1.29, 1.82) is 0 Å². The molecular formula is C24H18IN. The van der Waals surface area contributed by atoms with Crippen molar-refractivity contribution in [3.63, 3.8) is 0 Å². The molecule has 0 saturated carbocycles. The van der Waals surface area contributed by atoms with Crippen LogP contribution in [0.15, 0.2) is 72.8 Å². The summed E-state index contributed by atoms with van der Waals surface area (Å²) in [5.74, 6) is 0. The zero-order valence-electron chi connectivity index (χ0n) is 14.8. The van der Waals surface area contributed by atoms with Crippen LogP contribution in [0.3, 0.4) is 0 Å². The Balaban J connectivity index is 2.15. The van der Waals surface area contributed by atoms with E-state index in [9.17, 15) is 0 Å². The summed E-state index contributed by atoms with van der Waals surface area (Å²) in [5.41, 5.74) is 9.20. The van der Waals surface area contributed by atoms with Crippen LogP contribution in [0.1, 0.15) is 11.1 Å². The van der Waals surface area contributed by atoms with Gasteiger partial charge in [-0.1, -0.05) is 60.7 Å². The van der Waals surface area contributed by atoms with Gasteiger partial charge in [0.2, 0.25) is 0 Å². The van der Waals surface area contributed by atoms with Gasteiger partial charge in [-0.15, -0.1) is 0 Å². The van der Waals surface area contributed by atoms with Gasteiger partial charge in [0.25, 0.3) is 0 Å². The van der Waals surface area contributed by atoms with E-state index in [1.165, 1.54) is 53.1 Å². The maximum Gasteiger partial charge on any atom is 0.0587 e. The summed E-state index contributed by atoms with van der Waals surface area (Å²) in [7, 11) is 0. The van der Waals surface area contributed by atoms with Gasteiger partial charge in [-0.3, -0.25) is 0 Å². The number of fused-ring (bicyclic) bond motifs is 5. The van der Waals surface area contributed by atoms with Gasteiger partial charge >= 0.3 is 0 Å². The number of aryl methyl sites for hydroxylation is 2. The molecule has 2 aromatic heterocycles. The lowest BCUT2D eigenvalue weighted by Crippen LogP contribution is -1.97. The fourth-order valence-corrected chi connectivity index (χ4v) is 5.15. The molecule has 0 fully saturated rings. The third-order valence-corrected chi connectivity index (χ3v) is 6.50. The van der Waals surface area contributed by atoms with Crippen LogP contribution in [0.2, 0.25) is 0 Å². The van der Waals surface area contributed by atoms with Crippen LogP contribution in [0.5, 0.6) is 0 Å². The fourth-order valence-electron chi connectivity index (χ4n) is 4.14. The zero-order valence-corrected chi connectivity index (χ0v) is 16.9. The Morgan fingerprint density at radius 2 is 1.27 bits per heavy atom. The molecule has 126 valence electrons. The number of pyridine rings is 1. The molecule has 3 aromatic carbocycles. The highest BCUT2D eigenvalue weighted by atomic mass is 127. The van der Waals surface area contributed by atoms with E-state index in [2.05, 4.69) is 114 Å². The van der Waals surface area contributed by atoms with Crippen LogP contribution in [-0.2, 0) is 0 Å². The Morgan fingerprint density at radius 3 is 2.00 bits per heavy atom. The van der Waals surface area contributed by atoms with Crippen LogP contribution in [0.4, 0.5) is 0 Å². The quantitative estimate of drug-likeness (QED) is 0.241. The predicted octanol–water partition coefficient (Wildman–Crippen LogP) is 7.13. The van der Waals surface area contributed by atoms with Gasteiger partial charge < -0.3 is 4.40 Å². The van der Waals surface area contributed by atoms with Crippen molar-refractivity contribution in [2.45, 2.75) is 13.8 Å². The lowest BCUT2D eigenvalue weighted by molar-refractivity contribution is 1.31. The number of aromatic nitrogens is 1. The Kier molecular flexibility index (Phi) is 3.57. The normalized spacial score (nSPS) is 11.7. The molecule has 2 heteroatoms. The number of para-hydroxylation sites is 2. The van der Waals surface area contributed by atoms with E-state index in [-0.39, 0.29) is 0 Å². The standard InChI is InChI=1S/C24H18IN/c1-15-9-3-4-10-17(15)22-23(25)19-12-6-8-14-21(19)26-20-13-7-5-11-18(20)16(2)24(22)26/h3-14H,1-2H3. The molecule has 26 heavy (non-hydrogen) atoms. The molecule has 0 aliphatic rings. The molecule has 0 atom stereocenters. The van der Waals surface area contributed by atoms with Crippen molar-refractivity contribution in [1.82, 2.24) is 4.40 Å². The average molecular weight is 447 g/mol. The van der Waals surface area contributed by atoms with Crippen LogP contribution in [-0.4, -0.2) is 4.40 Å². The first-order chi connectivity index (χ1) is 12.7. The minimum atomic E-state index is 1.27. The van der Waals surface area contributed by atoms with E-state index in [4.69, 9.17) is 0 Å². The topological polar surface area (TPSA) is 4.41 Å². The Morgan fingerprint density at radius 1 is 0.692 bits per heavy atom. The Labute approximate surface area is 166 Å². The van der Waals surface area contributed by atoms with E-state index >= 15 is 0 Å². The van der Waals surface area contributed by atoms with E-state index in [0.717, 1.165) is 0 Å². The van der Waals surface area contributed by atoms with Gasteiger partial charge in [0, 0.05) is 19.9 Å². The molecule has 5 aromatic rings. The lowest BCUT2D eigenvalue weighted by atomic mass is 9.97. The highest BCUT2D eigenvalue weighted by Gasteiger charge is 2.20. The van der Waals surface area contributed by atoms with Crippen molar-refractivity contribution < 1.29 is 0 Å². The maximum atomic E-state index is 2.53. The molecule has 0 spiro atoms. The van der Waals surface area contributed by atoms with E-state index in [1.807, 2.05) is 0 Å². The largest absolute Gasteiger partial charge is 0.308 e. The summed E-state index contributed by atoms with van der Waals surface area (Å²) >= 11 is 2.53. The minimum absolute atomic E-state index is 1.27. The first kappa shape index (κ1) is 15.9. The first-order valence-electron chi connectivity index (χ1n) is 8.84. The molecule has 0 N–H and O–H groups in total. The minimum Gasteiger partial charge on any atom is -0.308 e. The highest BCUT2D eigenvalue weighted by molar-refractivity contribution is 14.1. The Bertz CT molecular complexity index is 1310.